The second-order valence-electron chi connectivity index (χ2n) is 8.34. The minimum Gasteiger partial charge on any atom is -0.350 e. The van der Waals surface area contributed by atoms with Gasteiger partial charge in [0.25, 0.3) is 17.7 Å². The molecule has 0 spiro atoms. The number of carbonyl (C=O) groups excluding carboxylic acids is 4. The molecule has 1 aliphatic carbocycles. The minimum atomic E-state index is -0.422. The van der Waals surface area contributed by atoms with E-state index in [0.717, 1.165) is 5.01 Å². The van der Waals surface area contributed by atoms with Gasteiger partial charge >= 0.3 is 0 Å². The average molecular weight is 398 g/mol. The van der Waals surface area contributed by atoms with E-state index in [0.29, 0.717) is 24.1 Å². The van der Waals surface area contributed by atoms with Crippen LogP contribution in [0, 0.1) is 11.8 Å². The highest BCUT2D eigenvalue weighted by atomic mass is 16.2. The van der Waals surface area contributed by atoms with Gasteiger partial charge in [0.1, 0.15) is 0 Å². The maximum Gasteiger partial charge on any atom is 0.252 e. The summed E-state index contributed by atoms with van der Waals surface area (Å²) in [6, 6.07) is 6.45. The number of nitrogens with one attached hydrogen (secondary N) is 3. The van der Waals surface area contributed by atoms with Gasteiger partial charge < -0.3 is 10.6 Å². The van der Waals surface area contributed by atoms with E-state index in [-0.39, 0.29) is 41.6 Å². The molecule has 0 aromatic heterocycles. The Labute approximate surface area is 169 Å². The predicted molar refractivity (Wildman–Crippen MR) is 108 cm³/mol. The lowest BCUT2D eigenvalue weighted by atomic mass is 9.85. The third-order valence-corrected chi connectivity index (χ3v) is 4.80. The van der Waals surface area contributed by atoms with E-state index in [9.17, 15) is 19.2 Å². The number of fused-ring (bicyclic) bond motifs is 1. The molecule has 29 heavy (non-hydrogen) atoms. The summed E-state index contributed by atoms with van der Waals surface area (Å²) in [6.45, 7) is 5.42. The Hall–Kier alpha value is -3.16. The number of carbonyl (C=O) groups is 4. The number of nitrogens with zero attached hydrogens (tertiary/aromatic N) is 1. The zero-order valence-corrected chi connectivity index (χ0v) is 16.8. The fourth-order valence-corrected chi connectivity index (χ4v) is 3.49. The maximum atomic E-state index is 12.5. The number of hydrazine groups is 1. The Kier molecular flexibility index (Phi) is 5.72. The van der Waals surface area contributed by atoms with Gasteiger partial charge in [-0.2, -0.15) is 5.01 Å². The molecule has 0 saturated carbocycles. The summed E-state index contributed by atoms with van der Waals surface area (Å²) < 4.78 is 0. The first kappa shape index (κ1) is 20.6. The van der Waals surface area contributed by atoms with Crippen LogP contribution in [0.2, 0.25) is 0 Å². The van der Waals surface area contributed by atoms with Crippen LogP contribution in [0.25, 0.3) is 0 Å². The highest BCUT2D eigenvalue weighted by Gasteiger charge is 2.47. The Morgan fingerprint density at radius 1 is 1.07 bits per heavy atom. The average Bonchev–Trinajstić information content (AvgIpc) is 2.90. The molecular weight excluding hydrogens is 372 g/mol. The van der Waals surface area contributed by atoms with Crippen LogP contribution in [-0.2, 0) is 14.4 Å². The zero-order valence-electron chi connectivity index (χ0n) is 16.8. The van der Waals surface area contributed by atoms with Crippen molar-refractivity contribution in [3.63, 3.8) is 0 Å². The molecule has 1 aliphatic heterocycles. The van der Waals surface area contributed by atoms with Crippen molar-refractivity contribution in [2.45, 2.75) is 39.2 Å². The summed E-state index contributed by atoms with van der Waals surface area (Å²) in [6.07, 6.45) is 4.98. The fraction of sp³-hybridized carbons (Fsp3) is 0.429. The topological polar surface area (TPSA) is 108 Å². The van der Waals surface area contributed by atoms with E-state index in [1.54, 1.807) is 18.2 Å². The van der Waals surface area contributed by atoms with Gasteiger partial charge in [0, 0.05) is 11.1 Å². The third-order valence-electron chi connectivity index (χ3n) is 4.80. The van der Waals surface area contributed by atoms with Crippen LogP contribution in [-0.4, -0.2) is 40.7 Å². The van der Waals surface area contributed by atoms with Crippen LogP contribution in [0.5, 0.6) is 0 Å². The first-order chi connectivity index (χ1) is 13.7. The monoisotopic (exact) mass is 398 g/mol. The summed E-state index contributed by atoms with van der Waals surface area (Å²) in [5.74, 6) is -1.86. The van der Waals surface area contributed by atoms with Crippen molar-refractivity contribution in [3.8, 4) is 0 Å². The Balaban J connectivity index is 1.62. The van der Waals surface area contributed by atoms with E-state index in [4.69, 9.17) is 0 Å². The largest absolute Gasteiger partial charge is 0.350 e. The predicted octanol–water partition coefficient (Wildman–Crippen LogP) is 1.61. The summed E-state index contributed by atoms with van der Waals surface area (Å²) in [5, 5.41) is 6.38. The van der Waals surface area contributed by atoms with E-state index >= 15 is 0 Å². The molecule has 1 aromatic carbocycles. The van der Waals surface area contributed by atoms with Gasteiger partial charge in [-0.05, 0) is 51.8 Å². The van der Waals surface area contributed by atoms with Crippen LogP contribution in [0.15, 0.2) is 36.4 Å². The first-order valence-electron chi connectivity index (χ1n) is 9.64. The Morgan fingerprint density at radius 2 is 1.69 bits per heavy atom. The second kappa shape index (κ2) is 8.06. The van der Waals surface area contributed by atoms with Gasteiger partial charge in [-0.1, -0.05) is 18.2 Å². The van der Waals surface area contributed by atoms with Crippen molar-refractivity contribution in [1.29, 1.82) is 0 Å². The van der Waals surface area contributed by atoms with Gasteiger partial charge in [0.15, 0.2) is 0 Å². The number of anilines is 1. The minimum absolute atomic E-state index is 0.146. The first-order valence-corrected chi connectivity index (χ1v) is 9.64. The number of allylic oxidation sites excluding steroid dienone is 2. The molecule has 1 fully saturated rings. The molecule has 3 N–H and O–H groups in total. The molecule has 0 radical (unpaired) electrons. The lowest BCUT2D eigenvalue weighted by molar-refractivity contribution is -0.138. The highest BCUT2D eigenvalue weighted by molar-refractivity contribution is 6.06. The zero-order chi connectivity index (χ0) is 21.2. The lowest BCUT2D eigenvalue weighted by Crippen LogP contribution is -2.45. The molecule has 1 saturated heterocycles. The Morgan fingerprint density at radius 3 is 2.28 bits per heavy atom. The van der Waals surface area contributed by atoms with E-state index < -0.39 is 5.91 Å². The highest BCUT2D eigenvalue weighted by Crippen LogP contribution is 2.35. The van der Waals surface area contributed by atoms with Crippen molar-refractivity contribution in [1.82, 2.24) is 15.6 Å². The molecule has 8 nitrogen and oxygen atoms in total. The number of hydrogen-bond acceptors (Lipinski definition) is 5. The molecule has 1 heterocycles. The van der Waals surface area contributed by atoms with Crippen molar-refractivity contribution in [3.05, 3.63) is 42.0 Å². The molecule has 1 aromatic rings. The molecule has 0 unspecified atom stereocenters. The SMILES string of the molecule is CC(C)(C)NC(=O)CNC(=O)c1cccc(NN2C(=O)[C@H]3CC=CC[C@@H]3C2=O)c1. The number of hydrogen-bond donors (Lipinski definition) is 3. The van der Waals surface area contributed by atoms with Gasteiger partial charge in [-0.3, -0.25) is 24.6 Å². The van der Waals surface area contributed by atoms with Gasteiger partial charge in [-0.15, -0.1) is 0 Å². The molecular formula is C21H26N4O4. The maximum absolute atomic E-state index is 12.5. The van der Waals surface area contributed by atoms with Crippen molar-refractivity contribution in [2.24, 2.45) is 11.8 Å². The van der Waals surface area contributed by atoms with Crippen molar-refractivity contribution >= 4 is 29.3 Å². The second-order valence-corrected chi connectivity index (χ2v) is 8.34. The lowest BCUT2D eigenvalue weighted by Gasteiger charge is -2.20. The normalized spacial score (nSPS) is 21.0. The molecule has 4 amide bonds. The summed E-state index contributed by atoms with van der Waals surface area (Å²) in [4.78, 5) is 49.3. The van der Waals surface area contributed by atoms with Gasteiger partial charge in [-0.25, -0.2) is 0 Å². The van der Waals surface area contributed by atoms with Crippen LogP contribution in [0.1, 0.15) is 44.0 Å². The molecule has 154 valence electrons. The summed E-state index contributed by atoms with van der Waals surface area (Å²) in [5.41, 5.74) is 3.22. The molecule has 2 aliphatic rings. The van der Waals surface area contributed by atoms with Crippen LogP contribution in [0.4, 0.5) is 5.69 Å². The number of rotatable bonds is 5. The van der Waals surface area contributed by atoms with E-state index in [2.05, 4.69) is 16.1 Å². The summed E-state index contributed by atoms with van der Waals surface area (Å²) >= 11 is 0. The summed E-state index contributed by atoms with van der Waals surface area (Å²) in [7, 11) is 0. The number of imide groups is 1. The molecule has 3 rings (SSSR count). The van der Waals surface area contributed by atoms with E-state index in [1.165, 1.54) is 6.07 Å². The van der Waals surface area contributed by atoms with Crippen molar-refractivity contribution in [2.75, 3.05) is 12.0 Å². The molecule has 2 atom stereocenters. The van der Waals surface area contributed by atoms with Gasteiger partial charge in [0.05, 0.1) is 24.1 Å². The molecule has 0 bridgehead atoms. The third kappa shape index (κ3) is 4.82. The number of benzene rings is 1. The van der Waals surface area contributed by atoms with Crippen LogP contribution >= 0.6 is 0 Å². The van der Waals surface area contributed by atoms with Crippen molar-refractivity contribution < 1.29 is 19.2 Å². The van der Waals surface area contributed by atoms with E-state index in [1.807, 2.05) is 32.9 Å². The smallest absolute Gasteiger partial charge is 0.252 e. The van der Waals surface area contributed by atoms with Crippen LogP contribution < -0.4 is 16.1 Å². The standard InChI is InChI=1S/C21H26N4O4/c1-21(2,3)23-17(26)12-22-18(27)13-7-6-8-14(11-13)24-25-19(28)15-9-4-5-10-16(15)20(25)29/h4-8,11,15-16,24H,9-10,12H2,1-3H3,(H,22,27)(H,23,26)/t15-,16-/m0/s1. The van der Waals surface area contributed by atoms with Gasteiger partial charge in [0.2, 0.25) is 5.91 Å². The fourth-order valence-electron chi connectivity index (χ4n) is 3.49. The molecule has 8 heteroatoms. The quantitative estimate of drug-likeness (QED) is 0.516. The Bertz CT molecular complexity index is 846. The number of amides is 4. The van der Waals surface area contributed by atoms with Crippen LogP contribution in [0.3, 0.4) is 0 Å².